The number of ether oxygens (including phenoxy) is 2. The molecule has 1 aliphatic rings. The molecule has 0 atom stereocenters. The third-order valence-corrected chi connectivity index (χ3v) is 2.68. The Hall–Kier alpha value is -1.59. The second-order valence-electron chi connectivity index (χ2n) is 4.48. The summed E-state index contributed by atoms with van der Waals surface area (Å²) in [6.07, 6.45) is 5.33. The molecule has 0 saturated heterocycles. The van der Waals surface area contributed by atoms with Crippen molar-refractivity contribution in [2.24, 2.45) is 11.7 Å². The van der Waals surface area contributed by atoms with Gasteiger partial charge in [-0.2, -0.15) is 0 Å². The number of methoxy groups -OCH3 is 1. The van der Waals surface area contributed by atoms with Gasteiger partial charge in [-0.05, 0) is 6.08 Å². The van der Waals surface area contributed by atoms with Crippen LogP contribution in [-0.4, -0.2) is 32.7 Å². The molecular formula is C14H22N2O3. The molecule has 19 heavy (non-hydrogen) atoms. The molecule has 0 bridgehead atoms. The number of dihydropyridines is 1. The largest absolute Gasteiger partial charge is 0.491 e. The van der Waals surface area contributed by atoms with Crippen LogP contribution in [0.5, 0.6) is 0 Å². The molecule has 0 spiro atoms. The maximum Gasteiger partial charge on any atom is 0.164 e. The topological polar surface area (TPSA) is 73.6 Å². The number of rotatable bonds is 7. The molecule has 5 nitrogen and oxygen atoms in total. The maximum atomic E-state index is 12.0. The van der Waals surface area contributed by atoms with Crippen molar-refractivity contribution < 1.29 is 14.3 Å². The Bertz CT molecular complexity index is 409. The third kappa shape index (κ3) is 4.54. The molecule has 0 saturated carbocycles. The van der Waals surface area contributed by atoms with E-state index in [0.717, 1.165) is 0 Å². The van der Waals surface area contributed by atoms with Crippen molar-refractivity contribution in [2.45, 2.75) is 13.8 Å². The zero-order chi connectivity index (χ0) is 14.3. The summed E-state index contributed by atoms with van der Waals surface area (Å²) in [7, 11) is 1.62. The van der Waals surface area contributed by atoms with E-state index in [1.165, 1.54) is 0 Å². The smallest absolute Gasteiger partial charge is 0.164 e. The van der Waals surface area contributed by atoms with Gasteiger partial charge in [-0.1, -0.05) is 13.8 Å². The first kappa shape index (κ1) is 15.5. The Balaban J connectivity index is 2.86. The van der Waals surface area contributed by atoms with Gasteiger partial charge in [-0.3, -0.25) is 4.79 Å². The van der Waals surface area contributed by atoms with Crippen LogP contribution in [0.15, 0.2) is 35.4 Å². The van der Waals surface area contributed by atoms with Gasteiger partial charge >= 0.3 is 0 Å². The molecule has 1 aliphatic heterocycles. The Morgan fingerprint density at radius 2 is 2.16 bits per heavy atom. The summed E-state index contributed by atoms with van der Waals surface area (Å²) >= 11 is 0. The fourth-order valence-corrected chi connectivity index (χ4v) is 1.64. The molecule has 0 amide bonds. The van der Waals surface area contributed by atoms with Crippen LogP contribution in [0.1, 0.15) is 13.8 Å². The number of Topliss-reactive ketones (excluding diaryl/α,β-unsaturated/α-hetero) is 1. The molecule has 5 heteroatoms. The van der Waals surface area contributed by atoms with E-state index in [0.29, 0.717) is 30.2 Å². The number of hydrogen-bond donors (Lipinski definition) is 2. The number of ketones is 1. The van der Waals surface area contributed by atoms with E-state index in [9.17, 15) is 4.79 Å². The average molecular weight is 266 g/mol. The van der Waals surface area contributed by atoms with Gasteiger partial charge in [0.05, 0.1) is 6.61 Å². The normalized spacial score (nSPS) is 17.0. The van der Waals surface area contributed by atoms with E-state index in [1.54, 1.807) is 25.5 Å². The molecule has 1 heterocycles. The van der Waals surface area contributed by atoms with Crippen LogP contribution in [0.4, 0.5) is 0 Å². The molecule has 0 radical (unpaired) electrons. The zero-order valence-corrected chi connectivity index (χ0v) is 11.7. The molecule has 0 unspecified atom stereocenters. The molecule has 106 valence electrons. The molecule has 0 aliphatic carbocycles. The highest BCUT2D eigenvalue weighted by Crippen LogP contribution is 2.15. The van der Waals surface area contributed by atoms with Gasteiger partial charge in [0.1, 0.15) is 12.4 Å². The Morgan fingerprint density at radius 1 is 1.42 bits per heavy atom. The van der Waals surface area contributed by atoms with Crippen molar-refractivity contribution in [1.29, 1.82) is 0 Å². The lowest BCUT2D eigenvalue weighted by atomic mass is 9.98. The molecule has 0 aromatic carbocycles. The molecule has 0 aromatic heterocycles. The van der Waals surface area contributed by atoms with Crippen molar-refractivity contribution in [3.8, 4) is 0 Å². The Labute approximate surface area is 114 Å². The number of nitrogens with two attached hydrogens (primary N) is 1. The van der Waals surface area contributed by atoms with Gasteiger partial charge in [0, 0.05) is 43.1 Å². The number of carbonyl (C=O) groups is 1. The van der Waals surface area contributed by atoms with E-state index in [-0.39, 0.29) is 18.2 Å². The minimum Gasteiger partial charge on any atom is -0.491 e. The summed E-state index contributed by atoms with van der Waals surface area (Å²) < 4.78 is 10.4. The molecular weight excluding hydrogens is 244 g/mol. The highest BCUT2D eigenvalue weighted by Gasteiger charge is 2.17. The van der Waals surface area contributed by atoms with Crippen LogP contribution in [0.3, 0.4) is 0 Å². The quantitative estimate of drug-likeness (QED) is 0.533. The van der Waals surface area contributed by atoms with Gasteiger partial charge in [-0.25, -0.2) is 0 Å². The Morgan fingerprint density at radius 3 is 2.74 bits per heavy atom. The van der Waals surface area contributed by atoms with Gasteiger partial charge in [-0.15, -0.1) is 0 Å². The summed E-state index contributed by atoms with van der Waals surface area (Å²) in [6, 6.07) is 0. The van der Waals surface area contributed by atoms with E-state index in [1.807, 2.05) is 13.8 Å². The average Bonchev–Trinajstić information content (AvgIpc) is 2.40. The molecule has 1 rings (SSSR count). The lowest BCUT2D eigenvalue weighted by molar-refractivity contribution is -0.118. The SMILES string of the molecule is COCCOC1=C/C(=C(/CN)C(=O)C(C)C)NC=C1. The fourth-order valence-electron chi connectivity index (χ4n) is 1.64. The minimum atomic E-state index is -0.0787. The molecule has 0 fully saturated rings. The number of allylic oxidation sites excluding steroid dienone is 2. The second-order valence-corrected chi connectivity index (χ2v) is 4.48. The molecule has 0 aromatic rings. The molecule has 3 N–H and O–H groups in total. The first-order valence-electron chi connectivity index (χ1n) is 6.34. The van der Waals surface area contributed by atoms with Crippen LogP contribution in [0.25, 0.3) is 0 Å². The van der Waals surface area contributed by atoms with Crippen LogP contribution in [0.2, 0.25) is 0 Å². The monoisotopic (exact) mass is 266 g/mol. The lowest BCUT2D eigenvalue weighted by Crippen LogP contribution is -2.24. The van der Waals surface area contributed by atoms with Crippen molar-refractivity contribution >= 4 is 5.78 Å². The van der Waals surface area contributed by atoms with Gasteiger partial charge in [0.15, 0.2) is 5.78 Å². The van der Waals surface area contributed by atoms with Gasteiger partial charge < -0.3 is 20.5 Å². The van der Waals surface area contributed by atoms with E-state index in [4.69, 9.17) is 15.2 Å². The summed E-state index contributed by atoms with van der Waals surface area (Å²) in [5.41, 5.74) is 6.97. The summed E-state index contributed by atoms with van der Waals surface area (Å²) in [4.78, 5) is 12.0. The van der Waals surface area contributed by atoms with Crippen LogP contribution < -0.4 is 11.1 Å². The first-order chi connectivity index (χ1) is 9.10. The van der Waals surface area contributed by atoms with Gasteiger partial charge in [0.2, 0.25) is 0 Å². The van der Waals surface area contributed by atoms with E-state index < -0.39 is 0 Å². The van der Waals surface area contributed by atoms with E-state index in [2.05, 4.69) is 5.32 Å². The standard InChI is InChI=1S/C14H22N2O3/c1-10(2)14(17)12(9-15)13-8-11(4-5-16-13)19-7-6-18-3/h4-5,8,10,16H,6-7,9,15H2,1-3H3/b13-12+. The Kier molecular flexibility index (Phi) is 6.32. The number of carbonyl (C=O) groups excluding carboxylic acids is 1. The first-order valence-corrected chi connectivity index (χ1v) is 6.34. The van der Waals surface area contributed by atoms with Crippen LogP contribution in [0, 0.1) is 5.92 Å². The predicted octanol–water partition coefficient (Wildman–Crippen LogP) is 1.09. The second kappa shape index (κ2) is 7.76. The van der Waals surface area contributed by atoms with Crippen molar-refractivity contribution in [3.63, 3.8) is 0 Å². The van der Waals surface area contributed by atoms with Crippen molar-refractivity contribution in [3.05, 3.63) is 35.4 Å². The summed E-state index contributed by atoms with van der Waals surface area (Å²) in [6.45, 7) is 4.91. The highest BCUT2D eigenvalue weighted by atomic mass is 16.5. The zero-order valence-electron chi connectivity index (χ0n) is 11.7. The maximum absolute atomic E-state index is 12.0. The fraction of sp³-hybridized carbons (Fsp3) is 0.500. The van der Waals surface area contributed by atoms with Crippen LogP contribution >= 0.6 is 0 Å². The van der Waals surface area contributed by atoms with E-state index >= 15 is 0 Å². The summed E-state index contributed by atoms with van der Waals surface area (Å²) in [5.74, 6) is 0.658. The van der Waals surface area contributed by atoms with Crippen LogP contribution in [-0.2, 0) is 14.3 Å². The van der Waals surface area contributed by atoms with Gasteiger partial charge in [0.25, 0.3) is 0 Å². The highest BCUT2D eigenvalue weighted by molar-refractivity contribution is 5.98. The lowest BCUT2D eigenvalue weighted by Gasteiger charge is -2.17. The number of nitrogens with one attached hydrogen (secondary N) is 1. The van der Waals surface area contributed by atoms with Crippen molar-refractivity contribution in [1.82, 2.24) is 5.32 Å². The number of hydrogen-bond acceptors (Lipinski definition) is 5. The predicted molar refractivity (Wildman–Crippen MR) is 74.1 cm³/mol. The minimum absolute atomic E-state index is 0.0489. The van der Waals surface area contributed by atoms with Crippen molar-refractivity contribution in [2.75, 3.05) is 26.9 Å². The summed E-state index contributed by atoms with van der Waals surface area (Å²) in [5, 5.41) is 3.04. The third-order valence-electron chi connectivity index (χ3n) is 2.68.